The maximum Gasteiger partial charge on any atom is 0.311 e. The van der Waals surface area contributed by atoms with Crippen molar-refractivity contribution in [1.29, 1.82) is 0 Å². The number of ether oxygens (including phenoxy) is 2. The molecule has 0 bridgehead atoms. The molecule has 2 aromatic rings. The predicted molar refractivity (Wildman–Crippen MR) is 95.4 cm³/mol. The molecule has 2 atom stereocenters. The number of carbonyl (C=O) groups is 1. The SMILES string of the molecule is COc1ccc(C(CN)C(C(=O)O)c2ccccc2)cc1OC.Cl. The van der Waals surface area contributed by atoms with Gasteiger partial charge in [0, 0.05) is 12.5 Å². The maximum absolute atomic E-state index is 11.8. The van der Waals surface area contributed by atoms with Gasteiger partial charge < -0.3 is 20.3 Å². The van der Waals surface area contributed by atoms with Crippen LogP contribution in [0.1, 0.15) is 23.0 Å². The van der Waals surface area contributed by atoms with E-state index in [1.54, 1.807) is 26.4 Å². The van der Waals surface area contributed by atoms with E-state index in [2.05, 4.69) is 0 Å². The van der Waals surface area contributed by atoms with Crippen molar-refractivity contribution in [1.82, 2.24) is 0 Å². The van der Waals surface area contributed by atoms with Crippen LogP contribution in [0.5, 0.6) is 11.5 Å². The highest BCUT2D eigenvalue weighted by atomic mass is 35.5. The van der Waals surface area contributed by atoms with E-state index in [0.29, 0.717) is 11.5 Å². The van der Waals surface area contributed by atoms with Gasteiger partial charge >= 0.3 is 5.97 Å². The number of carboxylic acid groups (broad SMARTS) is 1. The minimum Gasteiger partial charge on any atom is -0.493 e. The number of carboxylic acids is 1. The van der Waals surface area contributed by atoms with Gasteiger partial charge in [0.2, 0.25) is 0 Å². The quantitative estimate of drug-likeness (QED) is 0.801. The van der Waals surface area contributed by atoms with E-state index in [0.717, 1.165) is 11.1 Å². The smallest absolute Gasteiger partial charge is 0.311 e. The number of nitrogens with two attached hydrogens (primary N) is 1. The Labute approximate surface area is 147 Å². The fourth-order valence-corrected chi connectivity index (χ4v) is 2.76. The van der Waals surface area contributed by atoms with Crippen LogP contribution >= 0.6 is 12.4 Å². The summed E-state index contributed by atoms with van der Waals surface area (Å²) in [6.45, 7) is 0.210. The van der Waals surface area contributed by atoms with Crippen LogP contribution in [0.3, 0.4) is 0 Å². The Morgan fingerprint density at radius 3 is 2.17 bits per heavy atom. The largest absolute Gasteiger partial charge is 0.493 e. The number of halogens is 1. The highest BCUT2D eigenvalue weighted by molar-refractivity contribution is 5.85. The van der Waals surface area contributed by atoms with Crippen molar-refractivity contribution in [2.45, 2.75) is 11.8 Å². The van der Waals surface area contributed by atoms with Crippen LogP contribution < -0.4 is 15.2 Å². The molecule has 0 saturated heterocycles. The van der Waals surface area contributed by atoms with Gasteiger partial charge in [-0.05, 0) is 23.3 Å². The monoisotopic (exact) mass is 351 g/mol. The summed E-state index contributed by atoms with van der Waals surface area (Å²) < 4.78 is 10.5. The van der Waals surface area contributed by atoms with Crippen molar-refractivity contribution in [3.05, 3.63) is 59.7 Å². The number of methoxy groups -OCH3 is 2. The van der Waals surface area contributed by atoms with Gasteiger partial charge in [-0.3, -0.25) is 4.79 Å². The zero-order valence-electron chi connectivity index (χ0n) is 13.6. The molecular weight excluding hydrogens is 330 g/mol. The van der Waals surface area contributed by atoms with Crippen molar-refractivity contribution in [2.75, 3.05) is 20.8 Å². The first-order valence-corrected chi connectivity index (χ1v) is 7.32. The fraction of sp³-hybridized carbons (Fsp3) is 0.278. The lowest BCUT2D eigenvalue weighted by Gasteiger charge is -2.24. The number of rotatable bonds is 7. The molecule has 3 N–H and O–H groups in total. The molecule has 2 aromatic carbocycles. The first-order valence-electron chi connectivity index (χ1n) is 7.32. The van der Waals surface area contributed by atoms with Crippen molar-refractivity contribution < 1.29 is 19.4 Å². The van der Waals surface area contributed by atoms with Gasteiger partial charge in [-0.25, -0.2) is 0 Å². The van der Waals surface area contributed by atoms with Gasteiger partial charge in [0.25, 0.3) is 0 Å². The second-order valence-corrected chi connectivity index (χ2v) is 5.18. The molecule has 0 radical (unpaired) electrons. The summed E-state index contributed by atoms with van der Waals surface area (Å²) in [4.78, 5) is 11.8. The lowest BCUT2D eigenvalue weighted by atomic mass is 9.81. The standard InChI is InChI=1S/C18H21NO4.ClH/c1-22-15-9-8-13(10-16(15)23-2)14(11-19)17(18(20)21)12-6-4-3-5-7-12;/h3-10,14,17H,11,19H2,1-2H3,(H,20,21);1H. The minimum absolute atomic E-state index is 0. The minimum atomic E-state index is -0.901. The van der Waals surface area contributed by atoms with E-state index in [9.17, 15) is 9.90 Å². The highest BCUT2D eigenvalue weighted by Crippen LogP contribution is 2.37. The Hall–Kier alpha value is -2.24. The van der Waals surface area contributed by atoms with E-state index in [-0.39, 0.29) is 24.9 Å². The molecule has 5 nitrogen and oxygen atoms in total. The molecule has 6 heteroatoms. The molecule has 0 aromatic heterocycles. The lowest BCUT2D eigenvalue weighted by molar-refractivity contribution is -0.139. The first kappa shape index (κ1) is 19.8. The second-order valence-electron chi connectivity index (χ2n) is 5.18. The highest BCUT2D eigenvalue weighted by Gasteiger charge is 2.30. The summed E-state index contributed by atoms with van der Waals surface area (Å²) in [5, 5.41) is 9.71. The van der Waals surface area contributed by atoms with Crippen LogP contribution in [-0.4, -0.2) is 31.8 Å². The number of aliphatic carboxylic acids is 1. The van der Waals surface area contributed by atoms with Gasteiger partial charge in [-0.1, -0.05) is 36.4 Å². The fourth-order valence-electron chi connectivity index (χ4n) is 2.76. The van der Waals surface area contributed by atoms with Gasteiger partial charge in [0.05, 0.1) is 20.1 Å². The van der Waals surface area contributed by atoms with Crippen LogP contribution in [0.2, 0.25) is 0 Å². The van der Waals surface area contributed by atoms with Crippen molar-refractivity contribution in [3.63, 3.8) is 0 Å². The van der Waals surface area contributed by atoms with Gasteiger partial charge in [-0.2, -0.15) is 0 Å². The van der Waals surface area contributed by atoms with Crippen molar-refractivity contribution in [2.24, 2.45) is 5.73 Å². The molecule has 0 fully saturated rings. The van der Waals surface area contributed by atoms with E-state index < -0.39 is 11.9 Å². The average molecular weight is 352 g/mol. The third-order valence-corrected chi connectivity index (χ3v) is 3.92. The average Bonchev–Trinajstić information content (AvgIpc) is 2.59. The van der Waals surface area contributed by atoms with Gasteiger partial charge in [-0.15, -0.1) is 12.4 Å². The van der Waals surface area contributed by atoms with Crippen LogP contribution in [0.25, 0.3) is 0 Å². The number of benzene rings is 2. The molecule has 0 spiro atoms. The maximum atomic E-state index is 11.8. The lowest BCUT2D eigenvalue weighted by Crippen LogP contribution is -2.26. The Morgan fingerprint density at radius 1 is 1.04 bits per heavy atom. The molecule has 0 aliphatic carbocycles. The van der Waals surface area contributed by atoms with E-state index >= 15 is 0 Å². The zero-order valence-corrected chi connectivity index (χ0v) is 14.5. The molecule has 130 valence electrons. The van der Waals surface area contributed by atoms with Crippen LogP contribution in [0, 0.1) is 0 Å². The van der Waals surface area contributed by atoms with Crippen molar-refractivity contribution >= 4 is 18.4 Å². The summed E-state index contributed by atoms with van der Waals surface area (Å²) in [6, 6.07) is 14.5. The normalized spacial score (nSPS) is 12.6. The van der Waals surface area contributed by atoms with E-state index in [1.165, 1.54) is 0 Å². The molecule has 2 unspecified atom stereocenters. The molecule has 0 aliphatic rings. The third-order valence-electron chi connectivity index (χ3n) is 3.92. The Balaban J connectivity index is 0.00000288. The summed E-state index contributed by atoms with van der Waals surface area (Å²) in [5.74, 6) is -0.838. The predicted octanol–water partition coefficient (Wildman–Crippen LogP) is 3.04. The molecule has 0 saturated carbocycles. The Bertz CT molecular complexity index is 663. The van der Waals surface area contributed by atoms with Gasteiger partial charge in [0.1, 0.15) is 0 Å². The number of hydrogen-bond acceptors (Lipinski definition) is 4. The molecule has 2 rings (SSSR count). The van der Waals surface area contributed by atoms with Crippen LogP contribution in [0.15, 0.2) is 48.5 Å². The second kappa shape index (κ2) is 9.15. The summed E-state index contributed by atoms with van der Waals surface area (Å²) in [7, 11) is 3.10. The summed E-state index contributed by atoms with van der Waals surface area (Å²) in [6.07, 6.45) is 0. The van der Waals surface area contributed by atoms with Crippen molar-refractivity contribution in [3.8, 4) is 11.5 Å². The summed E-state index contributed by atoms with van der Waals surface area (Å²) in [5.41, 5.74) is 7.44. The zero-order chi connectivity index (χ0) is 16.8. The number of hydrogen-bond donors (Lipinski definition) is 2. The van der Waals surface area contributed by atoms with E-state index in [1.807, 2.05) is 36.4 Å². The van der Waals surface area contributed by atoms with Crippen LogP contribution in [-0.2, 0) is 4.79 Å². The van der Waals surface area contributed by atoms with Crippen LogP contribution in [0.4, 0.5) is 0 Å². The Morgan fingerprint density at radius 2 is 1.67 bits per heavy atom. The third kappa shape index (κ3) is 4.19. The molecule has 0 aliphatic heterocycles. The molecule has 0 heterocycles. The van der Waals surface area contributed by atoms with E-state index in [4.69, 9.17) is 15.2 Å². The molecule has 0 amide bonds. The topological polar surface area (TPSA) is 81.8 Å². The van der Waals surface area contributed by atoms with Gasteiger partial charge in [0.15, 0.2) is 11.5 Å². The molecular formula is C18H22ClNO4. The summed E-state index contributed by atoms with van der Waals surface area (Å²) >= 11 is 0. The molecule has 24 heavy (non-hydrogen) atoms. The first-order chi connectivity index (χ1) is 11.1. The Kier molecular flexibility index (Phi) is 7.55.